The third-order valence-corrected chi connectivity index (χ3v) is 6.71. The molecule has 31 heavy (non-hydrogen) atoms. The maximum atomic E-state index is 13.7. The number of carbonyl (C=O) groups excluding carboxylic acids is 2. The van der Waals surface area contributed by atoms with Gasteiger partial charge >= 0.3 is 0 Å². The highest BCUT2D eigenvalue weighted by Gasteiger charge is 2.48. The van der Waals surface area contributed by atoms with Crippen LogP contribution in [0.3, 0.4) is 0 Å². The molecule has 162 valence electrons. The highest BCUT2D eigenvalue weighted by atomic mass is 16.5. The van der Waals surface area contributed by atoms with Crippen molar-refractivity contribution in [3.05, 3.63) is 54.1 Å². The lowest BCUT2D eigenvalue weighted by Gasteiger charge is -2.44. The summed E-state index contributed by atoms with van der Waals surface area (Å²) in [5.74, 6) is 1.08. The van der Waals surface area contributed by atoms with Gasteiger partial charge in [-0.1, -0.05) is 12.8 Å². The Morgan fingerprint density at radius 3 is 2.77 bits per heavy atom. The van der Waals surface area contributed by atoms with Gasteiger partial charge in [0.25, 0.3) is 5.91 Å². The molecule has 0 unspecified atom stereocenters. The monoisotopic (exact) mass is 421 g/mol. The number of fused-ring (bicyclic) bond motifs is 3. The first kappa shape index (κ1) is 19.7. The standard InChI is InChI=1S/C24H27N3O4/c1-24(23(29)25-17-6-3-4-7-17)15-26-20-13-18(30-2)10-9-16(20)12-21(26)22(28)27(24)14-19-8-5-11-31-19/h5,8-13,17H,3-4,6-7,14-15H2,1-2H3,(H,25,29)/t24-/m1/s1. The molecule has 5 rings (SSSR count). The van der Waals surface area contributed by atoms with Crippen LogP contribution in [0.25, 0.3) is 10.9 Å². The van der Waals surface area contributed by atoms with E-state index < -0.39 is 5.54 Å². The van der Waals surface area contributed by atoms with Crippen LogP contribution in [0.1, 0.15) is 48.9 Å². The second-order valence-electron chi connectivity index (χ2n) is 8.74. The van der Waals surface area contributed by atoms with E-state index in [1.54, 1.807) is 24.3 Å². The Hall–Kier alpha value is -3.22. The Morgan fingerprint density at radius 2 is 2.06 bits per heavy atom. The molecule has 7 nitrogen and oxygen atoms in total. The lowest BCUT2D eigenvalue weighted by Crippen LogP contribution is -2.64. The second-order valence-corrected chi connectivity index (χ2v) is 8.74. The normalized spacial score (nSPS) is 21.5. The van der Waals surface area contributed by atoms with Crippen molar-refractivity contribution in [2.45, 2.75) is 57.3 Å². The number of hydrogen-bond donors (Lipinski definition) is 1. The van der Waals surface area contributed by atoms with Gasteiger partial charge in [-0.15, -0.1) is 0 Å². The molecule has 2 aromatic heterocycles. The molecule has 7 heteroatoms. The number of carbonyl (C=O) groups is 2. The molecule has 3 heterocycles. The zero-order chi connectivity index (χ0) is 21.6. The molecule has 1 N–H and O–H groups in total. The van der Waals surface area contributed by atoms with Gasteiger partial charge in [-0.3, -0.25) is 9.59 Å². The summed E-state index contributed by atoms with van der Waals surface area (Å²) in [5.41, 5.74) is 0.412. The minimum atomic E-state index is -1.05. The smallest absolute Gasteiger partial charge is 0.271 e. The topological polar surface area (TPSA) is 76.7 Å². The second kappa shape index (κ2) is 7.48. The van der Waals surface area contributed by atoms with Gasteiger partial charge in [-0.05, 0) is 50.1 Å². The highest BCUT2D eigenvalue weighted by Crippen LogP contribution is 2.35. The summed E-state index contributed by atoms with van der Waals surface area (Å²) in [6.07, 6.45) is 5.82. The summed E-state index contributed by atoms with van der Waals surface area (Å²) in [7, 11) is 1.62. The van der Waals surface area contributed by atoms with Crippen LogP contribution >= 0.6 is 0 Å². The van der Waals surface area contributed by atoms with Gasteiger partial charge in [0.2, 0.25) is 5.91 Å². The van der Waals surface area contributed by atoms with Crippen molar-refractivity contribution in [2.24, 2.45) is 0 Å². The number of hydrogen-bond acceptors (Lipinski definition) is 4. The van der Waals surface area contributed by atoms with Crippen LogP contribution < -0.4 is 10.1 Å². The van der Waals surface area contributed by atoms with Crippen LogP contribution in [-0.4, -0.2) is 40.0 Å². The van der Waals surface area contributed by atoms with Crippen LogP contribution in [0.4, 0.5) is 0 Å². The zero-order valence-corrected chi connectivity index (χ0v) is 17.9. The van der Waals surface area contributed by atoms with Crippen molar-refractivity contribution in [1.82, 2.24) is 14.8 Å². The lowest BCUT2D eigenvalue weighted by molar-refractivity contribution is -0.134. The molecule has 0 spiro atoms. The summed E-state index contributed by atoms with van der Waals surface area (Å²) < 4.78 is 12.9. The number of nitrogens with one attached hydrogen (secondary N) is 1. The highest BCUT2D eigenvalue weighted by molar-refractivity contribution is 6.03. The van der Waals surface area contributed by atoms with E-state index in [0.29, 0.717) is 18.0 Å². The molecule has 2 aliphatic rings. The Morgan fingerprint density at radius 1 is 1.26 bits per heavy atom. The number of benzene rings is 1. The van der Waals surface area contributed by atoms with E-state index in [-0.39, 0.29) is 24.4 Å². The molecular weight excluding hydrogens is 394 g/mol. The van der Waals surface area contributed by atoms with Crippen LogP contribution in [0.2, 0.25) is 0 Å². The fraction of sp³-hybridized carbons (Fsp3) is 0.417. The Labute approximate surface area is 180 Å². The van der Waals surface area contributed by atoms with Crippen LogP contribution in [0, 0.1) is 0 Å². The van der Waals surface area contributed by atoms with E-state index in [9.17, 15) is 9.59 Å². The Kier molecular flexibility index (Phi) is 4.76. The Bertz CT molecular complexity index is 1130. The molecule has 2 amide bonds. The lowest BCUT2D eigenvalue weighted by atomic mass is 9.94. The molecule has 0 bridgehead atoms. The molecule has 1 fully saturated rings. The zero-order valence-electron chi connectivity index (χ0n) is 17.9. The number of rotatable bonds is 5. The summed E-state index contributed by atoms with van der Waals surface area (Å²) >= 11 is 0. The first-order valence-electron chi connectivity index (χ1n) is 10.8. The summed E-state index contributed by atoms with van der Waals surface area (Å²) in [4.78, 5) is 28.9. The van der Waals surface area contributed by atoms with Gasteiger partial charge in [0, 0.05) is 17.5 Å². The number of aromatic nitrogens is 1. The molecule has 0 radical (unpaired) electrons. The summed E-state index contributed by atoms with van der Waals surface area (Å²) in [5, 5.41) is 4.16. The molecule has 1 aliphatic heterocycles. The molecule has 1 saturated carbocycles. The third kappa shape index (κ3) is 3.28. The first-order chi connectivity index (χ1) is 15.0. The average Bonchev–Trinajstić information content (AvgIpc) is 3.52. The summed E-state index contributed by atoms with van der Waals surface area (Å²) in [6.45, 7) is 2.46. The fourth-order valence-corrected chi connectivity index (χ4v) is 4.87. The molecule has 0 saturated heterocycles. The third-order valence-electron chi connectivity index (χ3n) is 6.71. The van der Waals surface area contributed by atoms with Crippen LogP contribution in [-0.2, 0) is 17.9 Å². The Balaban J connectivity index is 1.58. The molecular formula is C24H27N3O4. The van der Waals surface area contributed by atoms with Gasteiger partial charge in [-0.25, -0.2) is 0 Å². The molecule has 1 aliphatic carbocycles. The van der Waals surface area contributed by atoms with Gasteiger partial charge in [-0.2, -0.15) is 0 Å². The van der Waals surface area contributed by atoms with Gasteiger partial charge in [0.15, 0.2) is 0 Å². The first-order valence-corrected chi connectivity index (χ1v) is 10.8. The maximum Gasteiger partial charge on any atom is 0.271 e. The quantitative estimate of drug-likeness (QED) is 0.681. The minimum Gasteiger partial charge on any atom is -0.497 e. The van der Waals surface area contributed by atoms with E-state index in [1.165, 1.54) is 0 Å². The number of furan rings is 1. The van der Waals surface area contributed by atoms with Gasteiger partial charge in [0.1, 0.15) is 22.7 Å². The minimum absolute atomic E-state index is 0.116. The SMILES string of the molecule is COc1ccc2cc3n(c2c1)C[C@](C)(C(=O)NC1CCCC1)N(Cc1ccco1)C3=O. The molecule has 1 atom stereocenters. The van der Waals surface area contributed by atoms with E-state index >= 15 is 0 Å². The largest absolute Gasteiger partial charge is 0.497 e. The van der Waals surface area contributed by atoms with Crippen molar-refractivity contribution in [1.29, 1.82) is 0 Å². The van der Waals surface area contributed by atoms with Crippen molar-refractivity contribution >= 4 is 22.7 Å². The van der Waals surface area contributed by atoms with Crippen molar-refractivity contribution in [3.8, 4) is 5.75 Å². The van der Waals surface area contributed by atoms with Gasteiger partial charge < -0.3 is 23.9 Å². The predicted molar refractivity (Wildman–Crippen MR) is 116 cm³/mol. The average molecular weight is 421 g/mol. The molecule has 1 aromatic carbocycles. The number of amides is 2. The van der Waals surface area contributed by atoms with Crippen molar-refractivity contribution in [2.75, 3.05) is 7.11 Å². The van der Waals surface area contributed by atoms with E-state index in [2.05, 4.69) is 5.32 Å². The number of nitrogens with zero attached hydrogens (tertiary/aromatic N) is 2. The van der Waals surface area contributed by atoms with Crippen molar-refractivity contribution < 1.29 is 18.7 Å². The van der Waals surface area contributed by atoms with Crippen LogP contribution in [0.15, 0.2) is 47.1 Å². The van der Waals surface area contributed by atoms with E-state index in [1.807, 2.05) is 41.8 Å². The predicted octanol–water partition coefficient (Wildman–Crippen LogP) is 3.72. The van der Waals surface area contributed by atoms with E-state index in [0.717, 1.165) is 42.3 Å². The number of ether oxygens (including phenoxy) is 1. The fourth-order valence-electron chi connectivity index (χ4n) is 4.87. The van der Waals surface area contributed by atoms with Gasteiger partial charge in [0.05, 0.1) is 32.0 Å². The van der Waals surface area contributed by atoms with Crippen LogP contribution in [0.5, 0.6) is 5.75 Å². The molecule has 3 aromatic rings. The van der Waals surface area contributed by atoms with Crippen molar-refractivity contribution in [3.63, 3.8) is 0 Å². The maximum absolute atomic E-state index is 13.7. The number of methoxy groups -OCH3 is 1. The van der Waals surface area contributed by atoms with E-state index in [4.69, 9.17) is 9.15 Å². The summed E-state index contributed by atoms with van der Waals surface area (Å²) in [6, 6.07) is 11.4.